The van der Waals surface area contributed by atoms with Crippen LogP contribution in [0.4, 0.5) is 0 Å². The molecule has 0 N–H and O–H groups in total. The van der Waals surface area contributed by atoms with E-state index in [1.165, 1.54) is 12.8 Å². The Labute approximate surface area is 137 Å². The molecule has 0 amide bonds. The van der Waals surface area contributed by atoms with E-state index in [2.05, 4.69) is 22.1 Å². The summed E-state index contributed by atoms with van der Waals surface area (Å²) in [6.45, 7) is 0. The number of halogens is 2. The molecule has 108 valence electrons. The molecule has 0 atom stereocenters. The Morgan fingerprint density at radius 2 is 2.00 bits per heavy atom. The van der Waals surface area contributed by atoms with Gasteiger partial charge >= 0.3 is 0 Å². The predicted octanol–water partition coefficient (Wildman–Crippen LogP) is 4.56. The van der Waals surface area contributed by atoms with Crippen molar-refractivity contribution in [2.45, 2.75) is 18.8 Å². The summed E-state index contributed by atoms with van der Waals surface area (Å²) in [7, 11) is 0. The van der Waals surface area contributed by atoms with Crippen LogP contribution >= 0.6 is 23.2 Å². The Bertz CT molecular complexity index is 933. The molecule has 1 aliphatic rings. The first kappa shape index (κ1) is 13.6. The molecule has 0 unspecified atom stereocenters. The first-order valence-corrected chi connectivity index (χ1v) is 7.73. The average Bonchev–Trinajstić information content (AvgIpc) is 3.28. The van der Waals surface area contributed by atoms with E-state index in [-0.39, 0.29) is 0 Å². The van der Waals surface area contributed by atoms with E-state index in [9.17, 15) is 0 Å². The van der Waals surface area contributed by atoms with Gasteiger partial charge in [-0.2, -0.15) is 5.10 Å². The van der Waals surface area contributed by atoms with Crippen LogP contribution in [0.25, 0.3) is 16.9 Å². The van der Waals surface area contributed by atoms with Crippen LogP contribution in [0.1, 0.15) is 30.0 Å². The molecule has 1 fully saturated rings. The van der Waals surface area contributed by atoms with Gasteiger partial charge in [-0.25, -0.2) is 9.50 Å². The third-order valence-electron chi connectivity index (χ3n) is 3.87. The summed E-state index contributed by atoms with van der Waals surface area (Å²) < 4.78 is 1.86. The number of aromatic nitrogens is 3. The molecule has 5 heteroatoms. The lowest BCUT2D eigenvalue weighted by Crippen LogP contribution is -2.01. The van der Waals surface area contributed by atoms with Gasteiger partial charge < -0.3 is 0 Å². The van der Waals surface area contributed by atoms with Gasteiger partial charge in [-0.3, -0.25) is 0 Å². The molecule has 22 heavy (non-hydrogen) atoms. The molecule has 2 heterocycles. The van der Waals surface area contributed by atoms with Crippen LogP contribution < -0.4 is 0 Å². The van der Waals surface area contributed by atoms with E-state index in [1.807, 2.05) is 16.6 Å². The molecule has 1 aromatic carbocycles. The molecule has 0 bridgehead atoms. The lowest BCUT2D eigenvalue weighted by molar-refractivity contribution is 0.844. The van der Waals surface area contributed by atoms with Gasteiger partial charge in [-0.15, -0.1) is 6.42 Å². The van der Waals surface area contributed by atoms with Gasteiger partial charge in [0.25, 0.3) is 0 Å². The Balaban J connectivity index is 1.97. The Morgan fingerprint density at radius 3 is 2.68 bits per heavy atom. The maximum atomic E-state index is 6.12. The number of hydrogen-bond acceptors (Lipinski definition) is 2. The second-order valence-corrected chi connectivity index (χ2v) is 6.22. The van der Waals surface area contributed by atoms with Crippen LogP contribution in [-0.4, -0.2) is 14.6 Å². The number of benzene rings is 1. The van der Waals surface area contributed by atoms with Crippen molar-refractivity contribution in [1.82, 2.24) is 14.6 Å². The summed E-state index contributed by atoms with van der Waals surface area (Å²) in [5, 5.41) is 5.43. The second-order valence-electron chi connectivity index (χ2n) is 5.41. The van der Waals surface area contributed by atoms with Gasteiger partial charge in [0, 0.05) is 17.2 Å². The molecule has 0 aliphatic heterocycles. The van der Waals surface area contributed by atoms with E-state index in [0.717, 1.165) is 17.0 Å². The third kappa shape index (κ3) is 2.16. The SMILES string of the molecule is C#Cc1cnn2c(C3CC3)cc(-c3ccc(Cl)c(Cl)c3)nc12. The molecular weight excluding hydrogens is 317 g/mol. The number of fused-ring (bicyclic) bond motifs is 1. The molecule has 1 aliphatic carbocycles. The van der Waals surface area contributed by atoms with Crippen LogP contribution in [0.15, 0.2) is 30.5 Å². The molecular formula is C17H11Cl2N3. The van der Waals surface area contributed by atoms with Crippen molar-refractivity contribution in [2.24, 2.45) is 0 Å². The predicted molar refractivity (Wildman–Crippen MR) is 88.4 cm³/mol. The second kappa shape index (κ2) is 5.01. The summed E-state index contributed by atoms with van der Waals surface area (Å²) in [6, 6.07) is 7.58. The maximum absolute atomic E-state index is 6.12. The summed E-state index contributed by atoms with van der Waals surface area (Å²) >= 11 is 12.1. The van der Waals surface area contributed by atoms with Crippen molar-refractivity contribution < 1.29 is 0 Å². The highest BCUT2D eigenvalue weighted by molar-refractivity contribution is 6.42. The fourth-order valence-corrected chi connectivity index (χ4v) is 2.86. The highest BCUT2D eigenvalue weighted by Crippen LogP contribution is 2.41. The number of hydrogen-bond donors (Lipinski definition) is 0. The fourth-order valence-electron chi connectivity index (χ4n) is 2.56. The lowest BCUT2D eigenvalue weighted by Gasteiger charge is -2.08. The zero-order valence-electron chi connectivity index (χ0n) is 11.6. The zero-order chi connectivity index (χ0) is 15.3. The largest absolute Gasteiger partial charge is 0.227 e. The Morgan fingerprint density at radius 1 is 1.18 bits per heavy atom. The Kier molecular flexibility index (Phi) is 3.11. The minimum absolute atomic E-state index is 0.513. The summed E-state index contributed by atoms with van der Waals surface area (Å²) in [4.78, 5) is 4.67. The number of rotatable bonds is 2. The zero-order valence-corrected chi connectivity index (χ0v) is 13.1. The van der Waals surface area contributed by atoms with Gasteiger partial charge in [0.2, 0.25) is 0 Å². The monoisotopic (exact) mass is 327 g/mol. The van der Waals surface area contributed by atoms with Crippen molar-refractivity contribution in [1.29, 1.82) is 0 Å². The summed E-state index contributed by atoms with van der Waals surface area (Å²) in [5.41, 5.74) is 4.32. The molecule has 3 nitrogen and oxygen atoms in total. The van der Waals surface area contributed by atoms with E-state index in [0.29, 0.717) is 27.2 Å². The van der Waals surface area contributed by atoms with Crippen LogP contribution in [0.5, 0.6) is 0 Å². The van der Waals surface area contributed by atoms with Gasteiger partial charge in [0.15, 0.2) is 5.65 Å². The van der Waals surface area contributed by atoms with E-state index >= 15 is 0 Å². The van der Waals surface area contributed by atoms with E-state index in [4.69, 9.17) is 29.6 Å². The normalized spacial score (nSPS) is 14.2. The number of terminal acetylenes is 1. The van der Waals surface area contributed by atoms with Crippen LogP contribution in [0.2, 0.25) is 10.0 Å². The van der Waals surface area contributed by atoms with Gasteiger partial charge in [0.05, 0.1) is 27.5 Å². The minimum atomic E-state index is 0.513. The van der Waals surface area contributed by atoms with Crippen LogP contribution in [0.3, 0.4) is 0 Å². The van der Waals surface area contributed by atoms with Gasteiger partial charge in [-0.05, 0) is 31.0 Å². The third-order valence-corrected chi connectivity index (χ3v) is 4.60. The van der Waals surface area contributed by atoms with Crippen molar-refractivity contribution >= 4 is 28.8 Å². The molecule has 0 saturated heterocycles. The smallest absolute Gasteiger partial charge is 0.171 e. The highest BCUT2D eigenvalue weighted by Gasteiger charge is 2.28. The minimum Gasteiger partial charge on any atom is -0.227 e. The molecule has 0 spiro atoms. The first-order chi connectivity index (χ1) is 10.7. The van der Waals surface area contributed by atoms with Crippen molar-refractivity contribution in [3.05, 3.63) is 51.8 Å². The molecule has 2 aromatic heterocycles. The van der Waals surface area contributed by atoms with Crippen molar-refractivity contribution in [3.8, 4) is 23.6 Å². The average molecular weight is 328 g/mol. The molecule has 3 aromatic rings. The van der Waals surface area contributed by atoms with Crippen molar-refractivity contribution in [2.75, 3.05) is 0 Å². The standard InChI is InChI=1S/C17H11Cl2N3/c1-2-10-9-20-22-16(11-3-4-11)8-15(21-17(10)22)12-5-6-13(18)14(19)7-12/h1,5-9,11H,3-4H2. The van der Waals surface area contributed by atoms with Crippen molar-refractivity contribution in [3.63, 3.8) is 0 Å². The van der Waals surface area contributed by atoms with Crippen LogP contribution in [0, 0.1) is 12.3 Å². The summed E-state index contributed by atoms with van der Waals surface area (Å²) in [6.07, 6.45) is 9.58. The molecule has 4 rings (SSSR count). The van der Waals surface area contributed by atoms with Crippen LogP contribution in [-0.2, 0) is 0 Å². The number of nitrogens with zero attached hydrogens (tertiary/aromatic N) is 3. The van der Waals surface area contributed by atoms with E-state index in [1.54, 1.807) is 12.3 Å². The summed E-state index contributed by atoms with van der Waals surface area (Å²) in [5.74, 6) is 3.17. The Hall–Kier alpha value is -2.02. The highest BCUT2D eigenvalue weighted by atomic mass is 35.5. The molecule has 0 radical (unpaired) electrons. The first-order valence-electron chi connectivity index (χ1n) is 6.98. The topological polar surface area (TPSA) is 30.2 Å². The van der Waals surface area contributed by atoms with Gasteiger partial charge in [-0.1, -0.05) is 35.2 Å². The van der Waals surface area contributed by atoms with Gasteiger partial charge in [0.1, 0.15) is 0 Å². The maximum Gasteiger partial charge on any atom is 0.171 e. The fraction of sp³-hybridized carbons (Fsp3) is 0.176. The van der Waals surface area contributed by atoms with E-state index < -0.39 is 0 Å². The lowest BCUT2D eigenvalue weighted by atomic mass is 10.1. The molecule has 1 saturated carbocycles. The quantitative estimate of drug-likeness (QED) is 0.646.